The second-order valence-electron chi connectivity index (χ2n) is 5.27. The second-order valence-corrected chi connectivity index (χ2v) is 5.27. The van der Waals surface area contributed by atoms with Crippen molar-refractivity contribution in [1.82, 2.24) is 4.98 Å². The Labute approximate surface area is 124 Å². The number of rotatable bonds is 3. The lowest BCUT2D eigenvalue weighted by atomic mass is 10.1. The molecule has 0 radical (unpaired) electrons. The van der Waals surface area contributed by atoms with Crippen LogP contribution in [0.3, 0.4) is 0 Å². The predicted molar refractivity (Wildman–Crippen MR) is 85.6 cm³/mol. The van der Waals surface area contributed by atoms with Crippen LogP contribution in [-0.4, -0.2) is 4.98 Å². The Morgan fingerprint density at radius 1 is 1.00 bits per heavy atom. The summed E-state index contributed by atoms with van der Waals surface area (Å²) in [6.07, 6.45) is 0. The first-order chi connectivity index (χ1) is 10.2. The predicted octanol–water partition coefficient (Wildman–Crippen LogP) is 4.10. The average molecular weight is 278 g/mol. The van der Waals surface area contributed by atoms with E-state index in [9.17, 15) is 0 Å². The van der Waals surface area contributed by atoms with E-state index in [1.165, 1.54) is 11.1 Å². The topological polar surface area (TPSA) is 48.1 Å². The Hall–Kier alpha value is -2.39. The van der Waals surface area contributed by atoms with Crippen LogP contribution in [0.4, 0.5) is 0 Å². The van der Waals surface area contributed by atoms with Gasteiger partial charge in [-0.25, -0.2) is 4.98 Å². The summed E-state index contributed by atoms with van der Waals surface area (Å²) < 4.78 is 5.98. The van der Waals surface area contributed by atoms with Crippen LogP contribution in [0.25, 0.3) is 10.9 Å². The number of nitrogens with two attached hydrogens (primary N) is 1. The van der Waals surface area contributed by atoms with Gasteiger partial charge in [0.05, 0.1) is 5.52 Å². The summed E-state index contributed by atoms with van der Waals surface area (Å²) >= 11 is 0. The summed E-state index contributed by atoms with van der Waals surface area (Å²) in [6, 6.07) is 16.1. The number of benzene rings is 2. The number of nitrogens with zero attached hydrogens (tertiary/aromatic N) is 1. The number of hydrogen-bond acceptors (Lipinski definition) is 3. The van der Waals surface area contributed by atoms with Crippen LogP contribution in [0.1, 0.15) is 16.7 Å². The maximum absolute atomic E-state index is 5.98. The lowest BCUT2D eigenvalue weighted by molar-refractivity contribution is 0.458. The van der Waals surface area contributed by atoms with Crippen LogP contribution in [-0.2, 0) is 6.54 Å². The Balaban J connectivity index is 2.06. The second kappa shape index (κ2) is 5.54. The zero-order valence-electron chi connectivity index (χ0n) is 12.3. The SMILES string of the molecule is Cc1cc(C)cc(Oc2nc3ccccc3cc2CN)c1. The van der Waals surface area contributed by atoms with Crippen molar-refractivity contribution in [3.05, 3.63) is 65.2 Å². The molecule has 0 bridgehead atoms. The van der Waals surface area contributed by atoms with E-state index in [0.29, 0.717) is 12.4 Å². The zero-order valence-corrected chi connectivity index (χ0v) is 12.3. The zero-order chi connectivity index (χ0) is 14.8. The Morgan fingerprint density at radius 3 is 2.43 bits per heavy atom. The molecule has 3 nitrogen and oxygen atoms in total. The molecule has 0 aliphatic heterocycles. The molecule has 2 N–H and O–H groups in total. The minimum absolute atomic E-state index is 0.401. The number of pyridine rings is 1. The average Bonchev–Trinajstić information content (AvgIpc) is 2.45. The number of ether oxygens (including phenoxy) is 1. The van der Waals surface area contributed by atoms with E-state index in [1.807, 2.05) is 42.5 Å². The number of fused-ring (bicyclic) bond motifs is 1. The van der Waals surface area contributed by atoms with E-state index in [1.54, 1.807) is 0 Å². The lowest BCUT2D eigenvalue weighted by Gasteiger charge is -2.11. The van der Waals surface area contributed by atoms with E-state index in [4.69, 9.17) is 10.5 Å². The molecule has 21 heavy (non-hydrogen) atoms. The highest BCUT2D eigenvalue weighted by atomic mass is 16.5. The van der Waals surface area contributed by atoms with Crippen molar-refractivity contribution in [2.45, 2.75) is 20.4 Å². The van der Waals surface area contributed by atoms with Gasteiger partial charge in [-0.3, -0.25) is 0 Å². The molecule has 2 aromatic carbocycles. The largest absolute Gasteiger partial charge is 0.439 e. The smallest absolute Gasteiger partial charge is 0.224 e. The van der Waals surface area contributed by atoms with E-state index >= 15 is 0 Å². The molecule has 0 spiro atoms. The molecule has 1 aromatic heterocycles. The van der Waals surface area contributed by atoms with Crippen molar-refractivity contribution in [2.75, 3.05) is 0 Å². The van der Waals surface area contributed by atoms with Gasteiger partial charge in [0.25, 0.3) is 0 Å². The summed E-state index contributed by atoms with van der Waals surface area (Å²) in [5.41, 5.74) is 9.99. The van der Waals surface area contributed by atoms with Crippen molar-refractivity contribution in [1.29, 1.82) is 0 Å². The molecular weight excluding hydrogens is 260 g/mol. The fourth-order valence-corrected chi connectivity index (χ4v) is 2.48. The van der Waals surface area contributed by atoms with Gasteiger partial charge in [-0.2, -0.15) is 0 Å². The molecule has 0 atom stereocenters. The minimum Gasteiger partial charge on any atom is -0.439 e. The highest BCUT2D eigenvalue weighted by Crippen LogP contribution is 2.28. The first kappa shape index (κ1) is 13.6. The monoisotopic (exact) mass is 278 g/mol. The Morgan fingerprint density at radius 2 is 1.71 bits per heavy atom. The number of hydrogen-bond donors (Lipinski definition) is 1. The summed E-state index contributed by atoms with van der Waals surface area (Å²) in [5.74, 6) is 1.38. The van der Waals surface area contributed by atoms with E-state index in [-0.39, 0.29) is 0 Å². The van der Waals surface area contributed by atoms with Crippen LogP contribution in [0, 0.1) is 13.8 Å². The van der Waals surface area contributed by atoms with Gasteiger partial charge in [0.2, 0.25) is 5.88 Å². The molecule has 1 heterocycles. The van der Waals surface area contributed by atoms with Crippen molar-refractivity contribution in [2.24, 2.45) is 5.73 Å². The van der Waals surface area contributed by atoms with Crippen LogP contribution < -0.4 is 10.5 Å². The molecule has 0 saturated heterocycles. The number of aromatic nitrogens is 1. The molecule has 0 unspecified atom stereocenters. The maximum Gasteiger partial charge on any atom is 0.224 e. The van der Waals surface area contributed by atoms with E-state index in [2.05, 4.69) is 24.9 Å². The fourth-order valence-electron chi connectivity index (χ4n) is 2.48. The number of aryl methyl sites for hydroxylation is 2. The van der Waals surface area contributed by atoms with Gasteiger partial charge < -0.3 is 10.5 Å². The van der Waals surface area contributed by atoms with Crippen molar-refractivity contribution < 1.29 is 4.74 Å². The lowest BCUT2D eigenvalue weighted by Crippen LogP contribution is -2.02. The third-order valence-corrected chi connectivity index (χ3v) is 3.39. The summed E-state index contributed by atoms with van der Waals surface area (Å²) in [7, 11) is 0. The normalized spacial score (nSPS) is 10.8. The van der Waals surface area contributed by atoms with Crippen molar-refractivity contribution in [3.63, 3.8) is 0 Å². The van der Waals surface area contributed by atoms with Crippen molar-refractivity contribution in [3.8, 4) is 11.6 Å². The Kier molecular flexibility index (Phi) is 3.59. The third kappa shape index (κ3) is 2.88. The number of para-hydroxylation sites is 1. The standard InChI is InChI=1S/C18H18N2O/c1-12-7-13(2)9-16(8-12)21-18-15(11-19)10-14-5-3-4-6-17(14)20-18/h3-10H,11,19H2,1-2H3. The van der Waals surface area contributed by atoms with Gasteiger partial charge in [-0.1, -0.05) is 24.3 Å². The quantitative estimate of drug-likeness (QED) is 0.784. The Bertz CT molecular complexity index is 776. The molecule has 3 rings (SSSR count). The summed E-state index contributed by atoms with van der Waals surface area (Å²) in [4.78, 5) is 4.60. The third-order valence-electron chi connectivity index (χ3n) is 3.39. The highest BCUT2D eigenvalue weighted by Gasteiger charge is 2.08. The van der Waals surface area contributed by atoms with Crippen LogP contribution in [0.5, 0.6) is 11.6 Å². The van der Waals surface area contributed by atoms with E-state index < -0.39 is 0 Å². The molecule has 0 saturated carbocycles. The van der Waals surface area contributed by atoms with Crippen LogP contribution >= 0.6 is 0 Å². The van der Waals surface area contributed by atoms with Gasteiger partial charge in [-0.15, -0.1) is 0 Å². The van der Waals surface area contributed by atoms with Gasteiger partial charge in [0.1, 0.15) is 5.75 Å². The summed E-state index contributed by atoms with van der Waals surface area (Å²) in [5, 5.41) is 1.07. The van der Waals surface area contributed by atoms with Crippen molar-refractivity contribution >= 4 is 10.9 Å². The molecule has 0 fully saturated rings. The molecule has 106 valence electrons. The van der Waals surface area contributed by atoms with Crippen LogP contribution in [0.2, 0.25) is 0 Å². The van der Waals surface area contributed by atoms with Gasteiger partial charge >= 0.3 is 0 Å². The minimum atomic E-state index is 0.401. The molecule has 0 aliphatic rings. The first-order valence-corrected chi connectivity index (χ1v) is 7.00. The molecular formula is C18H18N2O. The first-order valence-electron chi connectivity index (χ1n) is 7.00. The fraction of sp³-hybridized carbons (Fsp3) is 0.167. The van der Waals surface area contributed by atoms with E-state index in [0.717, 1.165) is 22.2 Å². The highest BCUT2D eigenvalue weighted by molar-refractivity contribution is 5.80. The summed E-state index contributed by atoms with van der Waals surface area (Å²) in [6.45, 7) is 4.51. The molecule has 0 aliphatic carbocycles. The molecule has 3 heteroatoms. The van der Waals surface area contributed by atoms with Gasteiger partial charge in [0, 0.05) is 17.5 Å². The van der Waals surface area contributed by atoms with Gasteiger partial charge in [0.15, 0.2) is 0 Å². The maximum atomic E-state index is 5.98. The van der Waals surface area contributed by atoms with Crippen LogP contribution in [0.15, 0.2) is 48.5 Å². The van der Waals surface area contributed by atoms with Gasteiger partial charge in [-0.05, 0) is 49.2 Å². The molecule has 0 amide bonds. The molecule has 3 aromatic rings.